The molecule has 1 saturated heterocycles. The number of nitrogens with zero attached hydrogens (tertiary/aromatic N) is 5. The van der Waals surface area contributed by atoms with E-state index in [0.29, 0.717) is 5.56 Å². The van der Waals surface area contributed by atoms with Crippen molar-refractivity contribution in [1.82, 2.24) is 24.9 Å². The SMILES string of the molecule is Cc1cccc(C=C2CCN(C(=O)c3ccc4c(c3)nnn4C)CC2)n1. The van der Waals surface area contributed by atoms with Gasteiger partial charge in [0.05, 0.1) is 11.2 Å². The zero-order valence-corrected chi connectivity index (χ0v) is 15.0. The van der Waals surface area contributed by atoms with E-state index in [4.69, 9.17) is 0 Å². The molecule has 4 rings (SSSR count). The lowest BCUT2D eigenvalue weighted by atomic mass is 10.0. The summed E-state index contributed by atoms with van der Waals surface area (Å²) in [5.74, 6) is 0.0604. The minimum Gasteiger partial charge on any atom is -0.338 e. The predicted octanol–water partition coefficient (Wildman–Crippen LogP) is 2.99. The van der Waals surface area contributed by atoms with Gasteiger partial charge in [-0.2, -0.15) is 0 Å². The summed E-state index contributed by atoms with van der Waals surface area (Å²) in [5, 5.41) is 8.09. The summed E-state index contributed by atoms with van der Waals surface area (Å²) >= 11 is 0. The van der Waals surface area contributed by atoms with E-state index in [1.54, 1.807) is 4.68 Å². The fourth-order valence-electron chi connectivity index (χ4n) is 3.35. The van der Waals surface area contributed by atoms with Gasteiger partial charge < -0.3 is 4.90 Å². The van der Waals surface area contributed by atoms with Crippen molar-refractivity contribution in [2.75, 3.05) is 13.1 Å². The average molecular weight is 347 g/mol. The van der Waals surface area contributed by atoms with Crippen molar-refractivity contribution < 1.29 is 4.79 Å². The number of carbonyl (C=O) groups is 1. The molecular weight excluding hydrogens is 326 g/mol. The third-order valence-electron chi connectivity index (χ3n) is 4.81. The van der Waals surface area contributed by atoms with Crippen molar-refractivity contribution in [2.45, 2.75) is 19.8 Å². The molecule has 1 aliphatic rings. The number of piperidine rings is 1. The number of benzene rings is 1. The van der Waals surface area contributed by atoms with Gasteiger partial charge >= 0.3 is 0 Å². The van der Waals surface area contributed by atoms with Crippen molar-refractivity contribution >= 4 is 23.0 Å². The molecule has 1 aromatic carbocycles. The Kier molecular flexibility index (Phi) is 4.24. The van der Waals surface area contributed by atoms with Crippen molar-refractivity contribution in [3.63, 3.8) is 0 Å². The largest absolute Gasteiger partial charge is 0.338 e. The van der Waals surface area contributed by atoms with Gasteiger partial charge in [0.2, 0.25) is 0 Å². The molecule has 0 atom stereocenters. The molecule has 0 aliphatic carbocycles. The summed E-state index contributed by atoms with van der Waals surface area (Å²) < 4.78 is 1.71. The molecule has 3 heterocycles. The number of hydrogen-bond acceptors (Lipinski definition) is 4. The van der Waals surface area contributed by atoms with Crippen molar-refractivity contribution in [2.24, 2.45) is 7.05 Å². The predicted molar refractivity (Wildman–Crippen MR) is 101 cm³/mol. The molecule has 1 fully saturated rings. The Bertz CT molecular complexity index is 994. The molecule has 0 N–H and O–H groups in total. The number of rotatable bonds is 2. The van der Waals surface area contributed by atoms with Gasteiger partial charge in [0.15, 0.2) is 0 Å². The van der Waals surface area contributed by atoms with Crippen LogP contribution in [-0.2, 0) is 7.05 Å². The zero-order valence-electron chi connectivity index (χ0n) is 15.0. The van der Waals surface area contributed by atoms with Gasteiger partial charge in [-0.25, -0.2) is 4.68 Å². The lowest BCUT2D eigenvalue weighted by molar-refractivity contribution is 0.0744. The fourth-order valence-corrected chi connectivity index (χ4v) is 3.35. The van der Waals surface area contributed by atoms with Crippen LogP contribution in [0.1, 0.15) is 34.6 Å². The van der Waals surface area contributed by atoms with Gasteiger partial charge in [0.1, 0.15) is 5.52 Å². The second kappa shape index (κ2) is 6.71. The minimum atomic E-state index is 0.0604. The quantitative estimate of drug-likeness (QED) is 0.715. The number of likely N-dealkylation sites (tertiary alicyclic amines) is 1. The maximum absolute atomic E-state index is 12.8. The molecule has 0 radical (unpaired) electrons. The van der Waals surface area contributed by atoms with E-state index < -0.39 is 0 Å². The summed E-state index contributed by atoms with van der Waals surface area (Å²) in [6, 6.07) is 11.6. The van der Waals surface area contributed by atoms with Gasteiger partial charge in [-0.3, -0.25) is 9.78 Å². The van der Waals surface area contributed by atoms with E-state index in [-0.39, 0.29) is 5.91 Å². The highest BCUT2D eigenvalue weighted by atomic mass is 16.2. The Morgan fingerprint density at radius 2 is 1.96 bits per heavy atom. The number of fused-ring (bicyclic) bond motifs is 1. The topological polar surface area (TPSA) is 63.9 Å². The molecule has 0 unspecified atom stereocenters. The van der Waals surface area contributed by atoms with Crippen molar-refractivity contribution in [3.8, 4) is 0 Å². The van der Waals surface area contributed by atoms with Crippen LogP contribution >= 0.6 is 0 Å². The Morgan fingerprint density at radius 3 is 2.73 bits per heavy atom. The molecule has 0 bridgehead atoms. The van der Waals surface area contributed by atoms with Crippen LogP contribution < -0.4 is 0 Å². The van der Waals surface area contributed by atoms with Crippen LogP contribution in [-0.4, -0.2) is 43.9 Å². The smallest absolute Gasteiger partial charge is 0.253 e. The lowest BCUT2D eigenvalue weighted by Gasteiger charge is -2.28. The number of hydrogen-bond donors (Lipinski definition) is 0. The van der Waals surface area contributed by atoms with Crippen LogP contribution in [0.25, 0.3) is 17.1 Å². The first kappa shape index (κ1) is 16.4. The van der Waals surface area contributed by atoms with E-state index in [9.17, 15) is 4.79 Å². The summed E-state index contributed by atoms with van der Waals surface area (Å²) in [6.45, 7) is 3.46. The van der Waals surface area contributed by atoms with Crippen LogP contribution in [0.3, 0.4) is 0 Å². The zero-order chi connectivity index (χ0) is 18.1. The number of pyridine rings is 1. The standard InChI is InChI=1S/C20H21N5O/c1-14-4-3-5-17(21-14)12-15-8-10-25(11-9-15)20(26)16-6-7-19-18(13-16)22-23-24(19)2/h3-7,12-13H,8-11H2,1-2H3. The molecule has 1 amide bonds. The van der Waals surface area contributed by atoms with E-state index >= 15 is 0 Å². The highest BCUT2D eigenvalue weighted by Crippen LogP contribution is 2.21. The molecule has 0 saturated carbocycles. The van der Waals surface area contributed by atoms with E-state index in [1.807, 2.05) is 55.3 Å². The molecule has 2 aromatic heterocycles. The first-order valence-corrected chi connectivity index (χ1v) is 8.82. The van der Waals surface area contributed by atoms with Gasteiger partial charge in [0.25, 0.3) is 5.91 Å². The summed E-state index contributed by atoms with van der Waals surface area (Å²) in [4.78, 5) is 19.2. The Balaban J connectivity index is 1.45. The van der Waals surface area contributed by atoms with Crippen molar-refractivity contribution in [3.05, 3.63) is 58.9 Å². The Labute approximate surface area is 152 Å². The molecule has 132 valence electrons. The van der Waals surface area contributed by atoms with E-state index in [0.717, 1.165) is 48.4 Å². The lowest BCUT2D eigenvalue weighted by Crippen LogP contribution is -2.36. The maximum Gasteiger partial charge on any atom is 0.253 e. The fraction of sp³-hybridized carbons (Fsp3) is 0.300. The van der Waals surface area contributed by atoms with E-state index in [1.165, 1.54) is 5.57 Å². The second-order valence-electron chi connectivity index (χ2n) is 6.72. The molecule has 1 aliphatic heterocycles. The summed E-state index contributed by atoms with van der Waals surface area (Å²) in [7, 11) is 1.85. The maximum atomic E-state index is 12.8. The first-order chi connectivity index (χ1) is 12.6. The van der Waals surface area contributed by atoms with Gasteiger partial charge in [-0.15, -0.1) is 5.10 Å². The molecule has 6 nitrogen and oxygen atoms in total. The van der Waals surface area contributed by atoms with Gasteiger partial charge in [-0.1, -0.05) is 16.9 Å². The number of amides is 1. The van der Waals surface area contributed by atoms with Gasteiger partial charge in [-0.05, 0) is 56.2 Å². The minimum absolute atomic E-state index is 0.0604. The highest BCUT2D eigenvalue weighted by molar-refractivity contribution is 5.97. The molecule has 26 heavy (non-hydrogen) atoms. The van der Waals surface area contributed by atoms with Crippen molar-refractivity contribution in [1.29, 1.82) is 0 Å². The van der Waals surface area contributed by atoms with Crippen LogP contribution in [0.15, 0.2) is 42.0 Å². The molecule has 3 aromatic rings. The molecule has 6 heteroatoms. The second-order valence-corrected chi connectivity index (χ2v) is 6.72. The van der Waals surface area contributed by atoms with E-state index in [2.05, 4.69) is 21.4 Å². The summed E-state index contributed by atoms with van der Waals surface area (Å²) in [5.41, 5.74) is 5.71. The van der Waals surface area contributed by atoms with Crippen LogP contribution in [0.4, 0.5) is 0 Å². The first-order valence-electron chi connectivity index (χ1n) is 8.82. The third-order valence-corrected chi connectivity index (χ3v) is 4.81. The van der Waals surface area contributed by atoms with Crippen LogP contribution in [0.2, 0.25) is 0 Å². The average Bonchev–Trinajstić information content (AvgIpc) is 3.02. The normalized spacial score (nSPS) is 14.7. The number of carbonyl (C=O) groups excluding carboxylic acids is 1. The van der Waals surface area contributed by atoms with Crippen LogP contribution in [0, 0.1) is 6.92 Å². The summed E-state index contributed by atoms with van der Waals surface area (Å²) in [6.07, 6.45) is 3.92. The van der Waals surface area contributed by atoms with Crippen LogP contribution in [0.5, 0.6) is 0 Å². The molecule has 0 spiro atoms. The number of aromatic nitrogens is 4. The highest BCUT2D eigenvalue weighted by Gasteiger charge is 2.21. The third kappa shape index (κ3) is 3.22. The van der Waals surface area contributed by atoms with Gasteiger partial charge in [0, 0.05) is 31.4 Å². The Morgan fingerprint density at radius 1 is 1.15 bits per heavy atom. The Hall–Kier alpha value is -3.02. The number of aryl methyl sites for hydroxylation is 2. The molecular formula is C20H21N5O. The monoisotopic (exact) mass is 347 g/mol.